The molecule has 0 atom stereocenters. The van der Waals surface area contributed by atoms with Gasteiger partial charge >= 0.3 is 0 Å². The molecule has 0 amide bonds. The van der Waals surface area contributed by atoms with Crippen LogP contribution in [-0.2, 0) is 80.4 Å². The Balaban J connectivity index is 0.000000165. The van der Waals surface area contributed by atoms with E-state index in [-0.39, 0.29) is 80.4 Å². The van der Waals surface area contributed by atoms with Gasteiger partial charge in [0.25, 0.3) is 0 Å². The van der Waals surface area contributed by atoms with Crippen LogP contribution in [0.2, 0.25) is 0 Å². The summed E-state index contributed by atoms with van der Waals surface area (Å²) >= 11 is 0. The summed E-state index contributed by atoms with van der Waals surface area (Å²) in [6, 6.07) is 121. The summed E-state index contributed by atoms with van der Waals surface area (Å²) in [5.74, 6) is 1.35. The summed E-state index contributed by atoms with van der Waals surface area (Å²) in [6.45, 7) is 8.13. The molecule has 4 radical (unpaired) electrons. The van der Waals surface area contributed by atoms with E-state index in [1.54, 1.807) is 74.2 Å². The molecule has 20 rings (SSSR count). The third-order valence-corrected chi connectivity index (χ3v) is 17.9. The van der Waals surface area contributed by atoms with Crippen LogP contribution in [0.3, 0.4) is 0 Å². The number of pyridine rings is 8. The van der Waals surface area contributed by atoms with Crippen LogP contribution in [0.5, 0.6) is 0 Å². The largest absolute Gasteiger partial charge is 0.305 e. The smallest absolute Gasteiger partial charge is 0.161 e. The minimum absolute atomic E-state index is 0. The van der Waals surface area contributed by atoms with Crippen LogP contribution in [0.25, 0.3) is 135 Å². The molecule has 20 aromatic rings. The van der Waals surface area contributed by atoms with Crippen molar-refractivity contribution >= 4 is 0 Å². The van der Waals surface area contributed by atoms with Crippen molar-refractivity contribution in [3.8, 4) is 135 Å². The second-order valence-corrected chi connectivity index (χ2v) is 27.1. The molecule has 8 aromatic carbocycles. The van der Waals surface area contributed by atoms with Crippen LogP contribution in [0, 0.1) is 76.2 Å². The number of hydrogen-bond donors (Lipinski definition) is 0. The molecule has 12 heterocycles. The van der Waals surface area contributed by atoms with E-state index in [2.05, 4.69) is 158 Å². The zero-order chi connectivity index (χ0) is 85.2. The predicted octanol–water partition coefficient (Wildman–Crippen LogP) is 22.8. The Morgan fingerprint density at radius 2 is 0.453 bits per heavy atom. The van der Waals surface area contributed by atoms with Gasteiger partial charge in [0.1, 0.15) is 19.0 Å². The Labute approximate surface area is 801 Å². The second-order valence-electron chi connectivity index (χ2n) is 27.1. The summed E-state index contributed by atoms with van der Waals surface area (Å²) in [7, 11) is 0. The molecule has 0 fully saturated rings. The fraction of sp³-hybridized carbons (Fsp3) is 0.0374. The first-order valence-corrected chi connectivity index (χ1v) is 39.4. The summed E-state index contributed by atoms with van der Waals surface area (Å²) < 4.78 is 0. The van der Waals surface area contributed by atoms with E-state index >= 15 is 0 Å². The molecular weight excluding hydrogens is 2290 g/mol. The minimum atomic E-state index is 0. The first-order valence-electron chi connectivity index (χ1n) is 39.4. The van der Waals surface area contributed by atoms with Gasteiger partial charge in [0.05, 0.1) is 11.9 Å². The fourth-order valence-corrected chi connectivity index (χ4v) is 11.6. The molecule has 12 aromatic heterocycles. The topological polar surface area (TPSA) is 219 Å². The standard InChI is InChI=1S/3C15H10N3.C14H9N4.4C12H10N.4Ir/c1-2-5-12(6-3-1)14-11-13(7-10-16-14)15-17-8-4-9-18-15;1-2-4-12(5-3-1)15-8-13(6-7-18-15)14-9-16-11-17-10-14;1-2-4-12(5-3-1)14-10-13(6-7-17-14)15-11-16-8-9-18-15;1-2-4-11(5-3-1)13-8-12(6-7-16-13)14-17-9-15-10-18-14;4*1-10-7-8-12(13-9-10)11-5-3-2-4-6-11;;;;/h1-5,7-11H;2*1-4,6-11H;1-4,6-10H;4*2-5,7-9H,1H3;;;;/q8*-1;;;;. The molecule has 0 N–H and O–H groups in total. The monoisotopic (exact) mass is 2370 g/mol. The Morgan fingerprint density at radius 1 is 0.172 bits per heavy atom. The summed E-state index contributed by atoms with van der Waals surface area (Å²) in [4.78, 5) is 71.6. The summed E-state index contributed by atoms with van der Waals surface area (Å²) in [6.07, 6.45) is 31.2. The third kappa shape index (κ3) is 31.2. The molecule has 0 aliphatic rings. The van der Waals surface area contributed by atoms with Gasteiger partial charge in [0.15, 0.2) is 11.6 Å². The first kappa shape index (κ1) is 97.6. The molecule has 0 aliphatic carbocycles. The number of rotatable bonds is 12. The molecule has 0 aliphatic heterocycles. The van der Waals surface area contributed by atoms with Crippen molar-refractivity contribution < 1.29 is 80.4 Å². The van der Waals surface area contributed by atoms with Crippen LogP contribution < -0.4 is 0 Å². The number of aromatic nitrogens is 17. The van der Waals surface area contributed by atoms with Crippen molar-refractivity contribution in [3.05, 3.63) is 480 Å². The van der Waals surface area contributed by atoms with Gasteiger partial charge < -0.3 is 39.9 Å². The average Bonchev–Trinajstić information content (AvgIpc) is 0.843. The SMILES string of the molecule is Cc1ccc(-c2[c-]cccc2)nc1.Cc1ccc(-c2[c-]cccc2)nc1.Cc1ccc(-c2[c-]cccc2)nc1.Cc1ccc(-c2[c-]cccc2)nc1.[Ir].[Ir].[Ir].[Ir].[c-]1ccccc1-c1cc(-c2cnccn2)ccn1.[c-]1ccccc1-c1cc(-c2cncnc2)ccn1.[c-]1ccccc1-c1cc(-c2ncccn2)ccn1.[c-]1ccccc1-c1cc(-c2ncncn2)ccn1. The van der Waals surface area contributed by atoms with Gasteiger partial charge in [-0.3, -0.25) is 9.97 Å². The molecule has 17 nitrogen and oxygen atoms in total. The molecule has 0 unspecified atom stereocenters. The van der Waals surface area contributed by atoms with E-state index in [0.29, 0.717) is 11.6 Å². The quantitative estimate of drug-likeness (QED) is 0.104. The van der Waals surface area contributed by atoms with Gasteiger partial charge in [-0.2, -0.15) is 0 Å². The molecule has 128 heavy (non-hydrogen) atoms. The van der Waals surface area contributed by atoms with Gasteiger partial charge in [-0.1, -0.05) is 72.8 Å². The van der Waals surface area contributed by atoms with Crippen molar-refractivity contribution in [1.82, 2.24) is 84.7 Å². The van der Waals surface area contributed by atoms with Crippen LogP contribution in [0.4, 0.5) is 0 Å². The van der Waals surface area contributed by atoms with Crippen molar-refractivity contribution in [2.75, 3.05) is 0 Å². The van der Waals surface area contributed by atoms with Gasteiger partial charge in [-0.25, -0.2) is 34.9 Å². The molecule has 0 saturated carbocycles. The maximum atomic E-state index is 4.36. The van der Waals surface area contributed by atoms with Crippen molar-refractivity contribution in [1.29, 1.82) is 0 Å². The van der Waals surface area contributed by atoms with Crippen LogP contribution in [0.1, 0.15) is 22.3 Å². The predicted molar refractivity (Wildman–Crippen MR) is 489 cm³/mol. The van der Waals surface area contributed by atoms with Gasteiger partial charge in [-0.15, -0.1) is 287 Å². The number of benzene rings is 8. The zero-order valence-electron chi connectivity index (χ0n) is 69.6. The van der Waals surface area contributed by atoms with Gasteiger partial charge in [-0.05, 0) is 137 Å². The van der Waals surface area contributed by atoms with Gasteiger partial charge in [0, 0.05) is 184 Å². The zero-order valence-corrected chi connectivity index (χ0v) is 79.2. The van der Waals surface area contributed by atoms with E-state index in [1.165, 1.54) is 41.2 Å². The molecule has 0 spiro atoms. The second kappa shape index (κ2) is 53.9. The Morgan fingerprint density at radius 3 is 0.742 bits per heavy atom. The van der Waals surface area contributed by atoms with Crippen LogP contribution >= 0.6 is 0 Å². The molecule has 0 bridgehead atoms. The van der Waals surface area contributed by atoms with E-state index < -0.39 is 0 Å². The average molecular weight is 2370 g/mol. The van der Waals surface area contributed by atoms with E-state index in [1.807, 2.05) is 319 Å². The maximum absolute atomic E-state index is 4.36. The Hall–Kier alpha value is -14.2. The van der Waals surface area contributed by atoms with Gasteiger partial charge in [0.2, 0.25) is 0 Å². The number of nitrogens with zero attached hydrogens (tertiary/aromatic N) is 17. The first-order chi connectivity index (χ1) is 61.2. The normalized spacial score (nSPS) is 9.78. The Bertz CT molecular complexity index is 5430. The molecular formula is C107H79Ir4N17-8. The summed E-state index contributed by atoms with van der Waals surface area (Å²) in [5, 5.41) is 0. The molecule has 0 saturated heterocycles. The van der Waals surface area contributed by atoms with Crippen molar-refractivity contribution in [2.24, 2.45) is 0 Å². The van der Waals surface area contributed by atoms with E-state index in [9.17, 15) is 0 Å². The molecule has 636 valence electrons. The Kier molecular flexibility index (Phi) is 41.1. The minimum Gasteiger partial charge on any atom is -0.305 e. The third-order valence-electron chi connectivity index (χ3n) is 17.9. The maximum Gasteiger partial charge on any atom is 0.161 e. The number of aryl methyl sites for hydroxylation is 4. The van der Waals surface area contributed by atoms with Crippen LogP contribution in [0.15, 0.2) is 409 Å². The van der Waals surface area contributed by atoms with Crippen molar-refractivity contribution in [3.63, 3.8) is 0 Å². The molecule has 21 heteroatoms. The van der Waals surface area contributed by atoms with Crippen LogP contribution in [-0.4, -0.2) is 84.7 Å². The van der Waals surface area contributed by atoms with E-state index in [0.717, 1.165) is 124 Å². The van der Waals surface area contributed by atoms with Crippen molar-refractivity contribution in [2.45, 2.75) is 27.7 Å². The summed E-state index contributed by atoms with van der Waals surface area (Å²) in [5.41, 5.74) is 26.0. The number of hydrogen-bond acceptors (Lipinski definition) is 17. The van der Waals surface area contributed by atoms with E-state index in [4.69, 9.17) is 0 Å². The fourth-order valence-electron chi connectivity index (χ4n) is 11.6.